The largest absolute Gasteiger partial charge is 0.507 e. The number of hydrogen-bond donors (Lipinski definition) is 1. The van der Waals surface area contributed by atoms with E-state index in [4.69, 9.17) is 11.6 Å². The minimum atomic E-state index is 0.0700. The number of aldehydes is 1. The minimum absolute atomic E-state index is 0.0700. The van der Waals surface area contributed by atoms with E-state index < -0.39 is 0 Å². The second-order valence-corrected chi connectivity index (χ2v) is 2.63. The molecule has 12 heavy (non-hydrogen) atoms. The first-order valence-electron chi connectivity index (χ1n) is 3.34. The van der Waals surface area contributed by atoms with E-state index in [0.29, 0.717) is 16.9 Å². The number of carbonyl (C=O) groups is 1. The second-order valence-electron chi connectivity index (χ2n) is 2.20. The van der Waals surface area contributed by atoms with Gasteiger partial charge in [-0.25, -0.2) is 0 Å². The Kier molecular flexibility index (Phi) is 2.88. The summed E-state index contributed by atoms with van der Waals surface area (Å²) >= 11 is 5.60. The van der Waals surface area contributed by atoms with Crippen LogP contribution in [0.3, 0.4) is 0 Å². The van der Waals surface area contributed by atoms with Gasteiger partial charge in [0.15, 0.2) is 0 Å². The monoisotopic (exact) mass is 182 g/mol. The van der Waals surface area contributed by atoms with Crippen LogP contribution < -0.4 is 0 Å². The highest BCUT2D eigenvalue weighted by atomic mass is 35.5. The lowest BCUT2D eigenvalue weighted by atomic mass is 10.2. The van der Waals surface area contributed by atoms with Gasteiger partial charge in [0.1, 0.15) is 12.0 Å². The molecule has 0 aliphatic heterocycles. The molecule has 3 heteroatoms. The lowest BCUT2D eigenvalue weighted by molar-refractivity contribution is -0.104. The molecule has 0 aliphatic rings. The molecule has 0 amide bonds. The standard InChI is InChI=1S/C9H7ClO2/c10-8-4-3-7(2-1-5-11)9(12)6-8/h1-6,12H. The molecular formula is C9H7ClO2. The number of phenols is 1. The molecule has 0 saturated heterocycles. The highest BCUT2D eigenvalue weighted by Gasteiger charge is 1.96. The molecule has 0 heterocycles. The lowest BCUT2D eigenvalue weighted by Gasteiger charge is -1.97. The van der Waals surface area contributed by atoms with E-state index in [1.807, 2.05) is 0 Å². The molecule has 1 N–H and O–H groups in total. The van der Waals surface area contributed by atoms with Gasteiger partial charge in [0, 0.05) is 10.6 Å². The van der Waals surface area contributed by atoms with Crippen molar-refractivity contribution in [3.8, 4) is 5.75 Å². The lowest BCUT2D eigenvalue weighted by Crippen LogP contribution is -1.74. The van der Waals surface area contributed by atoms with Crippen molar-refractivity contribution >= 4 is 24.0 Å². The zero-order chi connectivity index (χ0) is 8.97. The number of phenolic OH excluding ortho intramolecular Hbond substituents is 1. The van der Waals surface area contributed by atoms with Crippen LogP contribution in [0.4, 0.5) is 0 Å². The molecule has 1 aromatic carbocycles. The zero-order valence-electron chi connectivity index (χ0n) is 6.20. The molecule has 0 bridgehead atoms. The van der Waals surface area contributed by atoms with Crippen molar-refractivity contribution in [2.45, 2.75) is 0 Å². The van der Waals surface area contributed by atoms with E-state index in [0.717, 1.165) is 0 Å². The maximum absolute atomic E-state index is 9.96. The number of aromatic hydroxyl groups is 1. The van der Waals surface area contributed by atoms with Crippen LogP contribution in [0, 0.1) is 0 Å². The Balaban J connectivity index is 3.01. The topological polar surface area (TPSA) is 37.3 Å². The predicted molar refractivity (Wildman–Crippen MR) is 48.2 cm³/mol. The molecule has 0 unspecified atom stereocenters. The Bertz CT molecular complexity index is 318. The number of carbonyl (C=O) groups excluding carboxylic acids is 1. The molecule has 0 radical (unpaired) electrons. The molecular weight excluding hydrogens is 176 g/mol. The van der Waals surface area contributed by atoms with Gasteiger partial charge in [-0.05, 0) is 30.4 Å². The molecule has 0 aromatic heterocycles. The van der Waals surface area contributed by atoms with Gasteiger partial charge in [-0.3, -0.25) is 4.79 Å². The Morgan fingerprint density at radius 2 is 2.17 bits per heavy atom. The minimum Gasteiger partial charge on any atom is -0.507 e. The molecule has 0 fully saturated rings. The summed E-state index contributed by atoms with van der Waals surface area (Å²) in [7, 11) is 0. The third-order valence-electron chi connectivity index (χ3n) is 1.35. The van der Waals surface area contributed by atoms with Crippen LogP contribution in [0.2, 0.25) is 5.02 Å². The molecule has 0 atom stereocenters. The number of rotatable bonds is 2. The van der Waals surface area contributed by atoms with E-state index in [-0.39, 0.29) is 5.75 Å². The first-order chi connectivity index (χ1) is 5.74. The summed E-state index contributed by atoms with van der Waals surface area (Å²) in [5, 5.41) is 9.73. The first kappa shape index (κ1) is 8.81. The van der Waals surface area contributed by atoms with Crippen LogP contribution >= 0.6 is 11.6 Å². The number of halogens is 1. The number of hydrogen-bond acceptors (Lipinski definition) is 2. The smallest absolute Gasteiger partial charge is 0.142 e. The molecule has 1 aromatic rings. The van der Waals surface area contributed by atoms with Crippen molar-refractivity contribution in [3.05, 3.63) is 34.9 Å². The van der Waals surface area contributed by atoms with Crippen LogP contribution in [0.1, 0.15) is 5.56 Å². The van der Waals surface area contributed by atoms with Crippen molar-refractivity contribution in [1.82, 2.24) is 0 Å². The predicted octanol–water partition coefficient (Wildman–Crippen LogP) is 2.26. The number of allylic oxidation sites excluding steroid dienone is 1. The van der Waals surface area contributed by atoms with E-state index >= 15 is 0 Å². The summed E-state index contributed by atoms with van der Waals surface area (Å²) in [6, 6.07) is 4.70. The van der Waals surface area contributed by atoms with Gasteiger partial charge in [-0.1, -0.05) is 11.6 Å². The summed E-state index contributed by atoms with van der Waals surface area (Å²) < 4.78 is 0. The van der Waals surface area contributed by atoms with Crippen molar-refractivity contribution in [1.29, 1.82) is 0 Å². The summed E-state index contributed by atoms with van der Waals surface area (Å²) in [5.74, 6) is 0.0700. The Morgan fingerprint density at radius 1 is 1.42 bits per heavy atom. The van der Waals surface area contributed by atoms with E-state index in [2.05, 4.69) is 0 Å². The van der Waals surface area contributed by atoms with Crippen LogP contribution in [0.5, 0.6) is 5.75 Å². The summed E-state index contributed by atoms with van der Waals surface area (Å²) in [5.41, 5.74) is 0.575. The van der Waals surface area contributed by atoms with E-state index in [1.165, 1.54) is 18.2 Å². The van der Waals surface area contributed by atoms with Gasteiger partial charge in [-0.2, -0.15) is 0 Å². The average Bonchev–Trinajstić information content (AvgIpc) is 2.03. The fraction of sp³-hybridized carbons (Fsp3) is 0. The Labute approximate surface area is 75.1 Å². The maximum Gasteiger partial charge on any atom is 0.142 e. The van der Waals surface area contributed by atoms with Gasteiger partial charge in [-0.15, -0.1) is 0 Å². The Morgan fingerprint density at radius 3 is 2.75 bits per heavy atom. The fourth-order valence-electron chi connectivity index (χ4n) is 0.801. The normalized spacial score (nSPS) is 10.4. The van der Waals surface area contributed by atoms with E-state index in [1.54, 1.807) is 12.1 Å². The molecule has 62 valence electrons. The highest BCUT2D eigenvalue weighted by molar-refractivity contribution is 6.30. The fourth-order valence-corrected chi connectivity index (χ4v) is 0.967. The highest BCUT2D eigenvalue weighted by Crippen LogP contribution is 2.22. The first-order valence-corrected chi connectivity index (χ1v) is 3.72. The Hall–Kier alpha value is -1.28. The molecule has 0 spiro atoms. The van der Waals surface area contributed by atoms with Gasteiger partial charge >= 0.3 is 0 Å². The van der Waals surface area contributed by atoms with Crippen molar-refractivity contribution in [3.63, 3.8) is 0 Å². The van der Waals surface area contributed by atoms with Crippen LogP contribution in [0.15, 0.2) is 24.3 Å². The van der Waals surface area contributed by atoms with Gasteiger partial charge in [0.2, 0.25) is 0 Å². The summed E-state index contributed by atoms with van der Waals surface area (Å²) in [6.07, 6.45) is 3.47. The molecule has 1 rings (SSSR count). The number of benzene rings is 1. The molecule has 2 nitrogen and oxygen atoms in total. The maximum atomic E-state index is 9.96. The van der Waals surface area contributed by atoms with Crippen LogP contribution in [-0.2, 0) is 4.79 Å². The van der Waals surface area contributed by atoms with Crippen molar-refractivity contribution in [2.24, 2.45) is 0 Å². The second kappa shape index (κ2) is 3.93. The molecule has 0 aliphatic carbocycles. The van der Waals surface area contributed by atoms with Crippen molar-refractivity contribution in [2.75, 3.05) is 0 Å². The quantitative estimate of drug-likeness (QED) is 0.563. The van der Waals surface area contributed by atoms with Gasteiger partial charge in [0.05, 0.1) is 0 Å². The van der Waals surface area contributed by atoms with E-state index in [9.17, 15) is 9.90 Å². The summed E-state index contributed by atoms with van der Waals surface area (Å²) in [4.78, 5) is 9.96. The average molecular weight is 183 g/mol. The molecule has 0 saturated carbocycles. The van der Waals surface area contributed by atoms with Crippen molar-refractivity contribution < 1.29 is 9.90 Å². The summed E-state index contributed by atoms with van der Waals surface area (Å²) in [6.45, 7) is 0. The SMILES string of the molecule is O=CC=Cc1ccc(Cl)cc1O. The van der Waals surface area contributed by atoms with Crippen LogP contribution in [0.25, 0.3) is 6.08 Å². The van der Waals surface area contributed by atoms with Crippen LogP contribution in [-0.4, -0.2) is 11.4 Å². The third kappa shape index (κ3) is 2.10. The van der Waals surface area contributed by atoms with Gasteiger partial charge in [0.25, 0.3) is 0 Å². The third-order valence-corrected chi connectivity index (χ3v) is 1.58. The van der Waals surface area contributed by atoms with Gasteiger partial charge < -0.3 is 5.11 Å². The zero-order valence-corrected chi connectivity index (χ0v) is 6.95.